The predicted molar refractivity (Wildman–Crippen MR) is 77.8 cm³/mol. The molecule has 20 heavy (non-hydrogen) atoms. The Hall–Kier alpha value is -2.14. The summed E-state index contributed by atoms with van der Waals surface area (Å²) < 4.78 is 5.38. The van der Waals surface area contributed by atoms with Crippen LogP contribution in [-0.4, -0.2) is 17.0 Å². The molecule has 0 radical (unpaired) electrons. The molecule has 2 aromatic rings. The fourth-order valence-electron chi connectivity index (χ4n) is 1.80. The van der Waals surface area contributed by atoms with Crippen LogP contribution in [0.2, 0.25) is 0 Å². The van der Waals surface area contributed by atoms with Crippen molar-refractivity contribution in [3.8, 4) is 16.9 Å². The van der Waals surface area contributed by atoms with Crippen molar-refractivity contribution in [1.82, 2.24) is 0 Å². The Morgan fingerprint density at radius 1 is 1.10 bits per heavy atom. The van der Waals surface area contributed by atoms with E-state index >= 15 is 0 Å². The molecule has 2 aromatic carbocycles. The van der Waals surface area contributed by atoms with E-state index in [0.29, 0.717) is 4.47 Å². The molecule has 0 heterocycles. The molecule has 4 nitrogen and oxygen atoms in total. The van der Waals surface area contributed by atoms with Gasteiger partial charge in [0.05, 0.1) is 4.47 Å². The van der Waals surface area contributed by atoms with Gasteiger partial charge in [-0.3, -0.25) is 4.79 Å². The molecule has 0 spiro atoms. The van der Waals surface area contributed by atoms with E-state index in [4.69, 9.17) is 4.74 Å². The zero-order valence-electron chi connectivity index (χ0n) is 10.6. The number of carboxylic acids is 1. The van der Waals surface area contributed by atoms with Crippen molar-refractivity contribution >= 4 is 27.9 Å². The smallest absolute Gasteiger partial charge is 0.339 e. The van der Waals surface area contributed by atoms with Gasteiger partial charge in [-0.15, -0.1) is 0 Å². The van der Waals surface area contributed by atoms with E-state index in [-0.39, 0.29) is 11.3 Å². The summed E-state index contributed by atoms with van der Waals surface area (Å²) in [6.07, 6.45) is 0. The first-order valence-corrected chi connectivity index (χ1v) is 6.59. The Morgan fingerprint density at radius 3 is 2.30 bits per heavy atom. The van der Waals surface area contributed by atoms with Gasteiger partial charge in [0.2, 0.25) is 0 Å². The van der Waals surface area contributed by atoms with Gasteiger partial charge in [0.1, 0.15) is 5.56 Å². The summed E-state index contributed by atoms with van der Waals surface area (Å²) in [5.41, 5.74) is 1.55. The van der Waals surface area contributed by atoms with Gasteiger partial charge in [0, 0.05) is 6.92 Å². The molecule has 5 heteroatoms. The minimum absolute atomic E-state index is 0.0182. The van der Waals surface area contributed by atoms with Crippen molar-refractivity contribution in [3.63, 3.8) is 0 Å². The lowest BCUT2D eigenvalue weighted by atomic mass is 10.0. The topological polar surface area (TPSA) is 63.6 Å². The zero-order valence-corrected chi connectivity index (χ0v) is 12.2. The van der Waals surface area contributed by atoms with Crippen molar-refractivity contribution in [3.05, 3.63) is 52.5 Å². The van der Waals surface area contributed by atoms with E-state index in [9.17, 15) is 14.7 Å². The lowest BCUT2D eigenvalue weighted by molar-refractivity contribution is -0.131. The molecular weight excluding hydrogens is 324 g/mol. The van der Waals surface area contributed by atoms with Crippen molar-refractivity contribution in [2.75, 3.05) is 0 Å². The average Bonchev–Trinajstić information content (AvgIpc) is 2.41. The third-order valence-corrected chi connectivity index (χ3v) is 3.22. The molecule has 0 atom stereocenters. The number of ether oxygens (including phenoxy) is 1. The van der Waals surface area contributed by atoms with Gasteiger partial charge >= 0.3 is 11.9 Å². The van der Waals surface area contributed by atoms with Crippen LogP contribution in [0.25, 0.3) is 11.1 Å². The number of benzene rings is 2. The normalized spacial score (nSPS) is 10.1. The maximum Gasteiger partial charge on any atom is 0.339 e. The summed E-state index contributed by atoms with van der Waals surface area (Å²) in [5.74, 6) is -1.70. The highest BCUT2D eigenvalue weighted by Crippen LogP contribution is 2.34. The second-order valence-electron chi connectivity index (χ2n) is 4.10. The van der Waals surface area contributed by atoms with Crippen LogP contribution in [0.3, 0.4) is 0 Å². The molecule has 0 fully saturated rings. The highest BCUT2D eigenvalue weighted by atomic mass is 79.9. The SMILES string of the molecule is CC(=O)Oc1c(Br)cc(-c2ccccc2)cc1C(=O)O. The maximum atomic E-state index is 11.3. The molecule has 0 saturated carbocycles. The molecule has 0 aliphatic carbocycles. The molecule has 0 aromatic heterocycles. The standard InChI is InChI=1S/C15H11BrO4/c1-9(17)20-14-12(15(18)19)7-11(8-13(14)16)10-5-3-2-4-6-10/h2-8H,1H3,(H,18,19). The largest absolute Gasteiger partial charge is 0.478 e. The van der Waals surface area contributed by atoms with Gasteiger partial charge in [-0.1, -0.05) is 30.3 Å². The highest BCUT2D eigenvalue weighted by molar-refractivity contribution is 9.10. The second kappa shape index (κ2) is 5.88. The summed E-state index contributed by atoms with van der Waals surface area (Å²) in [5, 5.41) is 9.26. The summed E-state index contributed by atoms with van der Waals surface area (Å²) >= 11 is 3.25. The van der Waals surface area contributed by atoms with E-state index in [1.54, 1.807) is 6.07 Å². The van der Waals surface area contributed by atoms with Gasteiger partial charge < -0.3 is 9.84 Å². The number of halogens is 1. The van der Waals surface area contributed by atoms with Crippen molar-refractivity contribution in [2.45, 2.75) is 6.92 Å². The maximum absolute atomic E-state index is 11.3. The first kappa shape index (κ1) is 14.3. The molecule has 2 rings (SSSR count). The fraction of sp³-hybridized carbons (Fsp3) is 0.0667. The van der Waals surface area contributed by atoms with E-state index in [1.807, 2.05) is 30.3 Å². The molecule has 0 aliphatic heterocycles. The molecular formula is C15H11BrO4. The van der Waals surface area contributed by atoms with Gasteiger partial charge in [0.15, 0.2) is 5.75 Å². The minimum atomic E-state index is -1.15. The third-order valence-electron chi connectivity index (χ3n) is 2.63. The summed E-state index contributed by atoms with van der Waals surface area (Å²) in [6, 6.07) is 12.6. The lowest BCUT2D eigenvalue weighted by Crippen LogP contribution is -2.08. The Morgan fingerprint density at radius 2 is 1.75 bits per heavy atom. The molecule has 102 valence electrons. The Balaban J connectivity index is 2.59. The van der Waals surface area contributed by atoms with Crippen molar-refractivity contribution < 1.29 is 19.4 Å². The summed E-state index contributed by atoms with van der Waals surface area (Å²) in [6.45, 7) is 1.23. The minimum Gasteiger partial charge on any atom is -0.478 e. The molecule has 0 aliphatic rings. The monoisotopic (exact) mass is 334 g/mol. The predicted octanol–water partition coefficient (Wildman–Crippen LogP) is 3.74. The van der Waals surface area contributed by atoms with Crippen LogP contribution >= 0.6 is 15.9 Å². The number of aromatic carboxylic acids is 1. The number of hydrogen-bond donors (Lipinski definition) is 1. The van der Waals surface area contributed by atoms with E-state index in [2.05, 4.69) is 15.9 Å². The number of rotatable bonds is 3. The van der Waals surface area contributed by atoms with Gasteiger partial charge in [-0.05, 0) is 39.2 Å². The average molecular weight is 335 g/mol. The van der Waals surface area contributed by atoms with Crippen LogP contribution in [0.4, 0.5) is 0 Å². The van der Waals surface area contributed by atoms with Gasteiger partial charge in [-0.25, -0.2) is 4.79 Å². The first-order chi connectivity index (χ1) is 9.49. The van der Waals surface area contributed by atoms with Crippen LogP contribution in [0.1, 0.15) is 17.3 Å². The van der Waals surface area contributed by atoms with Crippen LogP contribution in [0, 0.1) is 0 Å². The first-order valence-electron chi connectivity index (χ1n) is 5.79. The number of esters is 1. The third kappa shape index (κ3) is 3.05. The number of carboxylic acid groups (broad SMARTS) is 1. The Bertz CT molecular complexity index is 665. The van der Waals surface area contributed by atoms with Crippen LogP contribution in [0.5, 0.6) is 5.75 Å². The molecule has 1 N–H and O–H groups in total. The number of carbonyl (C=O) groups is 2. The van der Waals surface area contributed by atoms with E-state index in [0.717, 1.165) is 11.1 Å². The van der Waals surface area contributed by atoms with E-state index in [1.165, 1.54) is 13.0 Å². The summed E-state index contributed by atoms with van der Waals surface area (Å²) in [4.78, 5) is 22.4. The summed E-state index contributed by atoms with van der Waals surface area (Å²) in [7, 11) is 0. The number of carbonyl (C=O) groups excluding carboxylic acids is 1. The second-order valence-corrected chi connectivity index (χ2v) is 4.95. The fourth-order valence-corrected chi connectivity index (χ4v) is 2.34. The molecule has 0 unspecified atom stereocenters. The highest BCUT2D eigenvalue weighted by Gasteiger charge is 2.18. The Labute approximate surface area is 124 Å². The molecule has 0 saturated heterocycles. The van der Waals surface area contributed by atoms with Gasteiger partial charge in [-0.2, -0.15) is 0 Å². The van der Waals surface area contributed by atoms with Crippen LogP contribution in [0.15, 0.2) is 46.9 Å². The zero-order chi connectivity index (χ0) is 14.7. The lowest BCUT2D eigenvalue weighted by Gasteiger charge is -2.11. The number of hydrogen-bond acceptors (Lipinski definition) is 3. The van der Waals surface area contributed by atoms with Crippen molar-refractivity contribution in [1.29, 1.82) is 0 Å². The Kier molecular flexibility index (Phi) is 4.20. The van der Waals surface area contributed by atoms with Crippen LogP contribution in [-0.2, 0) is 4.79 Å². The molecule has 0 bridgehead atoms. The van der Waals surface area contributed by atoms with E-state index < -0.39 is 11.9 Å². The van der Waals surface area contributed by atoms with Gasteiger partial charge in [0.25, 0.3) is 0 Å². The van der Waals surface area contributed by atoms with Crippen molar-refractivity contribution in [2.24, 2.45) is 0 Å². The quantitative estimate of drug-likeness (QED) is 0.686. The molecule has 0 amide bonds. The van der Waals surface area contributed by atoms with Crippen LogP contribution < -0.4 is 4.74 Å².